The molecule has 7 N–H and O–H groups in total. The third kappa shape index (κ3) is 13.3. The zero-order valence-electron chi connectivity index (χ0n) is 23.9. The van der Waals surface area contributed by atoms with Crippen LogP contribution < -0.4 is 27.4 Å². The maximum absolute atomic E-state index is 12.8. The molecule has 0 aromatic rings. The molecule has 40 heavy (non-hydrogen) atoms. The number of nitrogens with one attached hydrogen (secondary N) is 3. The number of rotatable bonds is 22. The van der Waals surface area contributed by atoms with Crippen molar-refractivity contribution in [2.75, 3.05) is 32.7 Å². The average molecular weight is 565 g/mol. The molecule has 2 atom stereocenters. The van der Waals surface area contributed by atoms with Crippen molar-refractivity contribution in [2.24, 2.45) is 35.1 Å². The number of hydrogen-bond acceptors (Lipinski definition) is 6. The van der Waals surface area contributed by atoms with E-state index in [1.165, 1.54) is 4.90 Å². The molecule has 0 spiro atoms. The second-order valence-corrected chi connectivity index (χ2v) is 11.1. The molecular formula is C28H48N6O6. The molecule has 0 aromatic carbocycles. The van der Waals surface area contributed by atoms with Crippen molar-refractivity contribution in [3.63, 3.8) is 0 Å². The van der Waals surface area contributed by atoms with Crippen molar-refractivity contribution in [3.05, 3.63) is 0 Å². The maximum Gasteiger partial charge on any atom is 0.239 e. The minimum Gasteiger partial charge on any atom is -0.369 e. The molecule has 2 aliphatic carbocycles. The van der Waals surface area contributed by atoms with Gasteiger partial charge in [0.15, 0.2) is 0 Å². The van der Waals surface area contributed by atoms with Gasteiger partial charge in [0, 0.05) is 44.3 Å². The first-order valence-corrected chi connectivity index (χ1v) is 14.8. The number of unbranched alkanes of at least 4 members (excludes halogenated alkanes) is 2. The van der Waals surface area contributed by atoms with Crippen LogP contribution in [0.4, 0.5) is 0 Å². The Morgan fingerprint density at radius 2 is 1.10 bits per heavy atom. The third-order valence-electron chi connectivity index (χ3n) is 7.64. The fraction of sp³-hybridized carbons (Fsp3) is 0.786. The Hall–Kier alpha value is -3.18. The summed E-state index contributed by atoms with van der Waals surface area (Å²) in [4.78, 5) is 73.7. The molecule has 2 saturated carbocycles. The Bertz CT molecular complexity index is 835. The molecule has 12 nitrogen and oxygen atoms in total. The number of primary amides is 2. The van der Waals surface area contributed by atoms with Crippen LogP contribution in [-0.4, -0.2) is 73.1 Å². The number of carbonyl (C=O) groups is 6. The smallest absolute Gasteiger partial charge is 0.239 e. The normalized spacial score (nSPS) is 15.9. The standard InChI is InChI=1S/C28H48N6O6/c1-2-23(35)33-16-13-26(38)34(17-24(36)31-14-5-3-7-21(27(29)39)19-9-10-19)18-25(37)32-15-6-4-8-22(28(30)40)20-11-12-20/h19-22H,2-18H2,1H3,(H2,29,39)(H2,30,40)(H,31,36)(H,32,37)(H,33,35). The lowest BCUT2D eigenvalue weighted by Crippen LogP contribution is -2.46. The van der Waals surface area contributed by atoms with Crippen molar-refractivity contribution in [1.82, 2.24) is 20.9 Å². The molecule has 2 fully saturated rings. The molecule has 0 heterocycles. The average Bonchev–Trinajstić information content (AvgIpc) is 3.82. The number of nitrogens with two attached hydrogens (primary N) is 2. The predicted molar refractivity (Wildman–Crippen MR) is 149 cm³/mol. The zero-order chi connectivity index (χ0) is 29.5. The number of hydrogen-bond donors (Lipinski definition) is 5. The van der Waals surface area contributed by atoms with E-state index < -0.39 is 5.91 Å². The van der Waals surface area contributed by atoms with E-state index in [4.69, 9.17) is 11.5 Å². The first-order valence-electron chi connectivity index (χ1n) is 14.8. The quantitative estimate of drug-likeness (QED) is 0.118. The zero-order valence-corrected chi connectivity index (χ0v) is 23.9. The highest BCUT2D eigenvalue weighted by Crippen LogP contribution is 2.39. The van der Waals surface area contributed by atoms with E-state index in [-0.39, 0.29) is 67.4 Å². The fourth-order valence-corrected chi connectivity index (χ4v) is 4.93. The molecule has 0 aliphatic heterocycles. The third-order valence-corrected chi connectivity index (χ3v) is 7.64. The van der Waals surface area contributed by atoms with Gasteiger partial charge in [0.05, 0.1) is 0 Å². The monoisotopic (exact) mass is 564 g/mol. The van der Waals surface area contributed by atoms with Crippen LogP contribution in [0.1, 0.15) is 84.0 Å². The first-order chi connectivity index (χ1) is 19.1. The van der Waals surface area contributed by atoms with Gasteiger partial charge in [-0.15, -0.1) is 0 Å². The minimum absolute atomic E-state index is 0.0301. The van der Waals surface area contributed by atoms with Crippen LogP contribution in [0, 0.1) is 23.7 Å². The first kappa shape index (κ1) is 33.0. The largest absolute Gasteiger partial charge is 0.369 e. The molecule has 2 rings (SSSR count). The highest BCUT2D eigenvalue weighted by molar-refractivity contribution is 5.89. The summed E-state index contributed by atoms with van der Waals surface area (Å²) in [5.74, 6) is -1.29. The summed E-state index contributed by atoms with van der Waals surface area (Å²) >= 11 is 0. The lowest BCUT2D eigenvalue weighted by Gasteiger charge is -2.22. The maximum atomic E-state index is 12.8. The van der Waals surface area contributed by atoms with Crippen molar-refractivity contribution < 1.29 is 28.8 Å². The summed E-state index contributed by atoms with van der Waals surface area (Å²) in [6, 6.07) is 0. The van der Waals surface area contributed by atoms with E-state index in [1.54, 1.807) is 6.92 Å². The number of amides is 6. The second kappa shape index (κ2) is 17.5. The molecule has 0 saturated heterocycles. The SMILES string of the molecule is CCC(=O)NCCC(=O)N(CC(=O)NCCCCC(C(N)=O)C1CC1)CC(=O)NCCCCC(C(N)=O)C1CC1. The van der Waals surface area contributed by atoms with Gasteiger partial charge in [-0.25, -0.2) is 0 Å². The van der Waals surface area contributed by atoms with Crippen LogP contribution in [0.3, 0.4) is 0 Å². The van der Waals surface area contributed by atoms with Gasteiger partial charge in [-0.05, 0) is 63.2 Å². The van der Waals surface area contributed by atoms with E-state index in [9.17, 15) is 28.8 Å². The van der Waals surface area contributed by atoms with E-state index >= 15 is 0 Å². The Kier molecular flexibility index (Phi) is 14.4. The Balaban J connectivity index is 1.73. The Labute approximate surface area is 237 Å². The van der Waals surface area contributed by atoms with E-state index in [0.29, 0.717) is 57.0 Å². The van der Waals surface area contributed by atoms with Crippen LogP contribution in [-0.2, 0) is 28.8 Å². The molecule has 12 heteroatoms. The van der Waals surface area contributed by atoms with Crippen LogP contribution in [0.15, 0.2) is 0 Å². The van der Waals surface area contributed by atoms with Crippen LogP contribution in [0.25, 0.3) is 0 Å². The van der Waals surface area contributed by atoms with Crippen LogP contribution in [0.2, 0.25) is 0 Å². The van der Waals surface area contributed by atoms with Gasteiger partial charge in [-0.3, -0.25) is 28.8 Å². The molecule has 0 radical (unpaired) electrons. The van der Waals surface area contributed by atoms with Gasteiger partial charge < -0.3 is 32.3 Å². The Morgan fingerprint density at radius 1 is 0.675 bits per heavy atom. The van der Waals surface area contributed by atoms with Crippen molar-refractivity contribution in [1.29, 1.82) is 0 Å². The van der Waals surface area contributed by atoms with Crippen molar-refractivity contribution in [3.8, 4) is 0 Å². The predicted octanol–water partition coefficient (Wildman–Crippen LogP) is 0.327. The molecule has 2 aliphatic rings. The summed E-state index contributed by atoms with van der Waals surface area (Å²) in [7, 11) is 0. The van der Waals surface area contributed by atoms with Gasteiger partial charge in [0.1, 0.15) is 13.1 Å². The lowest BCUT2D eigenvalue weighted by molar-refractivity contribution is -0.139. The van der Waals surface area contributed by atoms with E-state index in [2.05, 4.69) is 16.0 Å². The van der Waals surface area contributed by atoms with E-state index in [0.717, 1.165) is 38.5 Å². The van der Waals surface area contributed by atoms with E-state index in [1.807, 2.05) is 0 Å². The second-order valence-electron chi connectivity index (χ2n) is 11.1. The number of carbonyl (C=O) groups excluding carboxylic acids is 6. The highest BCUT2D eigenvalue weighted by atomic mass is 16.2. The number of nitrogens with zero attached hydrogens (tertiary/aromatic N) is 1. The van der Waals surface area contributed by atoms with Crippen molar-refractivity contribution >= 4 is 35.4 Å². The van der Waals surface area contributed by atoms with Crippen LogP contribution >= 0.6 is 0 Å². The topological polar surface area (TPSA) is 194 Å². The molecule has 0 aromatic heterocycles. The molecule has 226 valence electrons. The summed E-state index contributed by atoms with van der Waals surface area (Å²) in [5, 5.41) is 8.18. The minimum atomic E-state index is -0.413. The Morgan fingerprint density at radius 3 is 1.48 bits per heavy atom. The lowest BCUT2D eigenvalue weighted by atomic mass is 9.96. The van der Waals surface area contributed by atoms with Gasteiger partial charge in [-0.1, -0.05) is 19.8 Å². The highest BCUT2D eigenvalue weighted by Gasteiger charge is 2.35. The summed E-state index contributed by atoms with van der Waals surface area (Å²) in [6.45, 7) is 2.06. The summed E-state index contributed by atoms with van der Waals surface area (Å²) in [5.41, 5.74) is 11.0. The fourth-order valence-electron chi connectivity index (χ4n) is 4.93. The summed E-state index contributed by atoms with van der Waals surface area (Å²) < 4.78 is 0. The summed E-state index contributed by atoms with van der Waals surface area (Å²) in [6.07, 6.45) is 8.71. The van der Waals surface area contributed by atoms with Crippen molar-refractivity contribution in [2.45, 2.75) is 84.0 Å². The van der Waals surface area contributed by atoms with Gasteiger partial charge in [0.2, 0.25) is 35.4 Å². The van der Waals surface area contributed by atoms with Gasteiger partial charge in [0.25, 0.3) is 0 Å². The van der Waals surface area contributed by atoms with Gasteiger partial charge in [-0.2, -0.15) is 0 Å². The molecule has 2 unspecified atom stereocenters. The molecule has 6 amide bonds. The van der Waals surface area contributed by atoms with Gasteiger partial charge >= 0.3 is 0 Å². The molecular weight excluding hydrogens is 516 g/mol. The molecule has 0 bridgehead atoms. The van der Waals surface area contributed by atoms with Crippen LogP contribution in [0.5, 0.6) is 0 Å².